The largest absolute Gasteiger partial charge is 0.573 e. The minimum absolute atomic E-state index is 0.423. The van der Waals surface area contributed by atoms with Gasteiger partial charge in [0.15, 0.2) is 0 Å². The van der Waals surface area contributed by atoms with Crippen LogP contribution in [0.5, 0.6) is 0 Å². The molecule has 2 aliphatic carbocycles. The Bertz CT molecular complexity index is 912. The molecule has 0 aromatic rings. The van der Waals surface area contributed by atoms with Crippen molar-refractivity contribution in [1.29, 1.82) is 0 Å². The molecule has 26 heavy (non-hydrogen) atoms. The predicted octanol–water partition coefficient (Wildman–Crippen LogP) is 2.02. The van der Waals surface area contributed by atoms with Crippen LogP contribution in [0.3, 0.4) is 0 Å². The third-order valence-corrected chi connectivity index (χ3v) is 7.14. The second-order valence-electron chi connectivity index (χ2n) is 5.80. The zero-order chi connectivity index (χ0) is 19.5. The number of ether oxygens (including phenoxy) is 1. The summed E-state index contributed by atoms with van der Waals surface area (Å²) < 4.78 is 89.8. The Morgan fingerprint density at radius 1 is 1.23 bits per heavy atom. The Morgan fingerprint density at radius 2 is 1.85 bits per heavy atom. The average molecular weight is 412 g/mol. The van der Waals surface area contributed by atoms with Crippen LogP contribution >= 0.6 is 0 Å². The maximum atomic E-state index is 12.8. The van der Waals surface area contributed by atoms with Gasteiger partial charge in [-0.25, -0.2) is 8.42 Å². The van der Waals surface area contributed by atoms with E-state index < -0.39 is 53.3 Å². The minimum atomic E-state index is -5.20. The highest BCUT2D eigenvalue weighted by Gasteiger charge is 2.47. The molecule has 0 spiro atoms. The molecular formula is C14H15F3N2O5S2. The predicted molar refractivity (Wildman–Crippen MR) is 86.2 cm³/mol. The SMILES string of the molecule is [N-]=[N+]=C(C1CCCCC1)S(=O)(=O)C1C=CC=C(OC(F)(F)F)C1=S(=O)=O. The van der Waals surface area contributed by atoms with Crippen LogP contribution < -0.4 is 0 Å². The van der Waals surface area contributed by atoms with E-state index in [9.17, 15) is 35.5 Å². The van der Waals surface area contributed by atoms with E-state index in [-0.39, 0.29) is 0 Å². The van der Waals surface area contributed by atoms with Gasteiger partial charge >= 0.3 is 11.4 Å². The topological polar surface area (TPSA) is 114 Å². The Balaban J connectivity index is 2.48. The standard InChI is InChI=1S/C14H15F3N2O5S2/c15-14(16,17)24-10-7-4-8-11(12(10)25(20)21)26(22,23)13(19-18)9-5-2-1-3-6-9/h4,7-9,11H,1-3,5-6H2. The van der Waals surface area contributed by atoms with Gasteiger partial charge in [-0.1, -0.05) is 31.4 Å². The van der Waals surface area contributed by atoms with Gasteiger partial charge in [0, 0.05) is 0 Å². The molecule has 0 aliphatic heterocycles. The van der Waals surface area contributed by atoms with E-state index in [1.807, 2.05) is 0 Å². The third kappa shape index (κ3) is 4.43. The fraction of sp³-hybridized carbons (Fsp3) is 0.571. The number of sulfone groups is 1. The molecule has 12 heteroatoms. The van der Waals surface area contributed by atoms with Gasteiger partial charge < -0.3 is 10.3 Å². The number of hydrogen-bond donors (Lipinski definition) is 0. The Morgan fingerprint density at radius 3 is 2.35 bits per heavy atom. The molecule has 0 radical (unpaired) electrons. The summed E-state index contributed by atoms with van der Waals surface area (Å²) in [5, 5.41) is -2.58. The van der Waals surface area contributed by atoms with E-state index in [1.54, 1.807) is 0 Å². The molecule has 1 unspecified atom stereocenters. The lowest BCUT2D eigenvalue weighted by Crippen LogP contribution is -2.41. The molecule has 1 fully saturated rings. The molecule has 0 bridgehead atoms. The van der Waals surface area contributed by atoms with Crippen LogP contribution in [0.15, 0.2) is 24.0 Å². The number of alkyl halides is 3. The molecule has 0 aromatic carbocycles. The fourth-order valence-corrected chi connectivity index (χ4v) is 5.96. The van der Waals surface area contributed by atoms with Crippen LogP contribution in [-0.2, 0) is 24.9 Å². The first-order valence-electron chi connectivity index (χ1n) is 7.64. The first-order valence-corrected chi connectivity index (χ1v) is 10.3. The molecule has 144 valence electrons. The minimum Gasteiger partial charge on any atom is -0.404 e. The van der Waals surface area contributed by atoms with Crippen LogP contribution in [0.4, 0.5) is 13.2 Å². The highest BCUT2D eigenvalue weighted by molar-refractivity contribution is 8.08. The molecule has 1 saturated carbocycles. The van der Waals surface area contributed by atoms with Crippen LogP contribution in [0.25, 0.3) is 5.53 Å². The van der Waals surface area contributed by atoms with E-state index in [4.69, 9.17) is 0 Å². The maximum Gasteiger partial charge on any atom is 0.573 e. The molecule has 7 nitrogen and oxygen atoms in total. The zero-order valence-electron chi connectivity index (χ0n) is 13.3. The van der Waals surface area contributed by atoms with E-state index in [0.717, 1.165) is 18.6 Å². The van der Waals surface area contributed by atoms with Crippen molar-refractivity contribution in [3.05, 3.63) is 29.5 Å². The summed E-state index contributed by atoms with van der Waals surface area (Å²) in [7, 11) is -7.87. The number of allylic oxidation sites excluding steroid dienone is 3. The number of hydrogen-bond acceptors (Lipinski definition) is 5. The molecular weight excluding hydrogens is 397 g/mol. The van der Waals surface area contributed by atoms with Gasteiger partial charge in [0.1, 0.15) is 15.9 Å². The second kappa shape index (κ2) is 7.77. The molecule has 0 saturated heterocycles. The molecule has 2 rings (SSSR count). The lowest BCUT2D eigenvalue weighted by atomic mass is 9.90. The van der Waals surface area contributed by atoms with E-state index in [1.165, 1.54) is 0 Å². The van der Waals surface area contributed by atoms with Crippen molar-refractivity contribution in [2.45, 2.75) is 43.7 Å². The van der Waals surface area contributed by atoms with Crippen LogP contribution in [-0.4, -0.2) is 43.1 Å². The van der Waals surface area contributed by atoms with Crippen molar-refractivity contribution in [1.82, 2.24) is 0 Å². The molecule has 0 N–H and O–H groups in total. The summed E-state index contributed by atoms with van der Waals surface area (Å²) in [6, 6.07) is 0. The molecule has 1 atom stereocenters. The van der Waals surface area contributed by atoms with Crippen molar-refractivity contribution in [2.75, 3.05) is 0 Å². The summed E-state index contributed by atoms with van der Waals surface area (Å²) in [6.07, 6.45) is 0.506. The summed E-state index contributed by atoms with van der Waals surface area (Å²) in [5.41, 5.74) is 9.22. The van der Waals surface area contributed by atoms with Gasteiger partial charge in [-0.05, 0) is 18.9 Å². The first kappa shape index (κ1) is 20.4. The Kier molecular flexibility index (Phi) is 6.09. The molecule has 0 aromatic heterocycles. The van der Waals surface area contributed by atoms with Gasteiger partial charge in [-0.3, -0.25) is 0 Å². The number of nitrogens with zero attached hydrogens (tertiary/aromatic N) is 2. The summed E-state index contributed by atoms with van der Waals surface area (Å²) in [5.74, 6) is -1.76. The van der Waals surface area contributed by atoms with Gasteiger partial charge in [0.05, 0.1) is 5.92 Å². The van der Waals surface area contributed by atoms with Crippen LogP contribution in [0, 0.1) is 5.92 Å². The van der Waals surface area contributed by atoms with Crippen molar-refractivity contribution >= 4 is 30.0 Å². The summed E-state index contributed by atoms with van der Waals surface area (Å²) >= 11 is 0. The first-order chi connectivity index (χ1) is 12.1. The molecule has 0 heterocycles. The van der Waals surface area contributed by atoms with Crippen LogP contribution in [0.1, 0.15) is 32.1 Å². The van der Waals surface area contributed by atoms with Crippen molar-refractivity contribution in [3.8, 4) is 0 Å². The zero-order valence-corrected chi connectivity index (χ0v) is 14.9. The maximum absolute atomic E-state index is 12.8. The lowest BCUT2D eigenvalue weighted by Gasteiger charge is -2.22. The van der Waals surface area contributed by atoms with E-state index >= 15 is 0 Å². The van der Waals surface area contributed by atoms with Crippen LogP contribution in [0.2, 0.25) is 0 Å². The number of rotatable bonds is 3. The normalized spacial score (nSPS) is 21.7. The van der Waals surface area contributed by atoms with Crippen molar-refractivity contribution in [2.24, 2.45) is 5.92 Å². The van der Waals surface area contributed by atoms with E-state index in [2.05, 4.69) is 9.53 Å². The number of halogens is 3. The fourth-order valence-electron chi connectivity index (χ4n) is 3.03. The van der Waals surface area contributed by atoms with Gasteiger partial charge in [0.25, 0.3) is 9.84 Å². The highest BCUT2D eigenvalue weighted by Crippen LogP contribution is 2.30. The second-order valence-corrected chi connectivity index (χ2v) is 8.73. The quantitative estimate of drug-likeness (QED) is 0.231. The summed E-state index contributed by atoms with van der Waals surface area (Å²) in [6.45, 7) is 0. The highest BCUT2D eigenvalue weighted by atomic mass is 32.2. The third-order valence-electron chi connectivity index (χ3n) is 4.12. The van der Waals surface area contributed by atoms with E-state index in [0.29, 0.717) is 31.8 Å². The Labute approximate surface area is 149 Å². The van der Waals surface area contributed by atoms with Gasteiger partial charge in [0.2, 0.25) is 10.3 Å². The van der Waals surface area contributed by atoms with Gasteiger partial charge in [-0.2, -0.15) is 13.2 Å². The smallest absolute Gasteiger partial charge is 0.404 e. The molecule has 0 amide bonds. The van der Waals surface area contributed by atoms with Crippen molar-refractivity contribution < 1.29 is 39.5 Å². The summed E-state index contributed by atoms with van der Waals surface area (Å²) in [4.78, 5) is 1.77. The lowest BCUT2D eigenvalue weighted by molar-refractivity contribution is -0.302. The monoisotopic (exact) mass is 412 g/mol. The van der Waals surface area contributed by atoms with Gasteiger partial charge in [-0.15, -0.1) is 13.2 Å². The molecule has 2 aliphatic rings. The average Bonchev–Trinajstić information content (AvgIpc) is 2.54. The Hall–Kier alpha value is -1.91. The van der Waals surface area contributed by atoms with Crippen molar-refractivity contribution in [3.63, 3.8) is 0 Å².